The molecule has 5 heterocycles. The van der Waals surface area contributed by atoms with Crippen LogP contribution in [0.1, 0.15) is 90.6 Å². The summed E-state index contributed by atoms with van der Waals surface area (Å²) in [7, 11) is 3.72. The highest BCUT2D eigenvalue weighted by Gasteiger charge is 2.53. The van der Waals surface area contributed by atoms with Crippen molar-refractivity contribution in [2.45, 2.75) is 141 Å². The van der Waals surface area contributed by atoms with Gasteiger partial charge >= 0.3 is 5.97 Å². The first-order chi connectivity index (χ1) is 30.2. The Balaban J connectivity index is 1.43. The van der Waals surface area contributed by atoms with Crippen LogP contribution < -0.4 is 5.32 Å². The van der Waals surface area contributed by atoms with E-state index in [9.17, 15) is 29.4 Å². The Morgan fingerprint density at radius 2 is 1.72 bits per heavy atom. The zero-order valence-electron chi connectivity index (χ0n) is 38.6. The van der Waals surface area contributed by atoms with Crippen molar-refractivity contribution >= 4 is 40.8 Å². The monoisotopic (exact) mass is 891 g/mol. The highest BCUT2D eigenvalue weighted by atomic mass is 16.7. The molecule has 1 aromatic carbocycles. The first-order valence-corrected chi connectivity index (χ1v) is 22.3. The minimum absolute atomic E-state index is 0.0372. The predicted octanol–water partition coefficient (Wildman–Crippen LogP) is 4.17. The molecule has 2 aromatic rings. The van der Waals surface area contributed by atoms with Crippen molar-refractivity contribution in [3.8, 4) is 0 Å². The number of Topliss-reactive ketones (excluding diaryl/α,β-unsaturated/α-hetero) is 1. The molecule has 17 heteroatoms. The van der Waals surface area contributed by atoms with Crippen LogP contribution in [0.25, 0.3) is 0 Å². The molecule has 3 fully saturated rings. The van der Waals surface area contributed by atoms with Crippen LogP contribution in [-0.2, 0) is 49.3 Å². The third kappa shape index (κ3) is 10.8. The van der Waals surface area contributed by atoms with Gasteiger partial charge in [0.25, 0.3) is 11.8 Å². The van der Waals surface area contributed by atoms with Crippen LogP contribution in [0.5, 0.6) is 0 Å². The number of hydrogen-bond donors (Lipinski definition) is 3. The number of likely N-dealkylation sites (N-methyl/N-ethyl adjacent to an activating group) is 1. The summed E-state index contributed by atoms with van der Waals surface area (Å²) in [5, 5.41) is 31.3. The van der Waals surface area contributed by atoms with Gasteiger partial charge in [-0.2, -0.15) is 0 Å². The lowest BCUT2D eigenvalue weighted by Gasteiger charge is -2.47. The number of esters is 1. The summed E-state index contributed by atoms with van der Waals surface area (Å²) in [6.45, 7) is 13.3. The number of ketones is 1. The van der Waals surface area contributed by atoms with E-state index in [-0.39, 0.29) is 56.2 Å². The molecule has 14 atom stereocenters. The van der Waals surface area contributed by atoms with Gasteiger partial charge in [-0.3, -0.25) is 19.2 Å². The number of fused-ring (bicyclic) bond motifs is 4. The number of nitrogens with one attached hydrogen (secondary N) is 1. The second-order valence-electron chi connectivity index (χ2n) is 18.5. The van der Waals surface area contributed by atoms with Gasteiger partial charge in [-0.15, -0.1) is 0 Å². The smallest absolute Gasteiger partial charge is 0.316 e. The zero-order valence-corrected chi connectivity index (χ0v) is 38.6. The van der Waals surface area contributed by atoms with Crippen LogP contribution in [-0.4, -0.2) is 143 Å². The van der Waals surface area contributed by atoms with Crippen molar-refractivity contribution in [1.29, 1.82) is 0 Å². The van der Waals surface area contributed by atoms with Crippen LogP contribution >= 0.6 is 0 Å². The van der Waals surface area contributed by atoms with E-state index in [4.69, 9.17) is 33.5 Å². The van der Waals surface area contributed by atoms with E-state index in [0.717, 1.165) is 0 Å². The van der Waals surface area contributed by atoms with Crippen molar-refractivity contribution in [3.05, 3.63) is 59.8 Å². The summed E-state index contributed by atoms with van der Waals surface area (Å²) in [6, 6.07) is 11.6. The lowest BCUT2D eigenvalue weighted by molar-refractivity contribution is -0.296. The molecule has 350 valence electrons. The lowest BCUT2D eigenvalue weighted by Crippen LogP contribution is -2.60. The Morgan fingerprint density at radius 3 is 2.38 bits per heavy atom. The van der Waals surface area contributed by atoms with Gasteiger partial charge < -0.3 is 49.0 Å². The Hall–Kier alpha value is -4.49. The van der Waals surface area contributed by atoms with Gasteiger partial charge in [-0.25, -0.2) is 9.98 Å². The molecular formula is C47H65N5O12. The van der Waals surface area contributed by atoms with Gasteiger partial charge in [0.2, 0.25) is 6.10 Å². The van der Waals surface area contributed by atoms with Crippen molar-refractivity contribution in [2.24, 2.45) is 33.8 Å². The Morgan fingerprint density at radius 1 is 1.00 bits per heavy atom. The number of carbonyl (C=O) groups excluding carboxylic acids is 4. The molecule has 4 bridgehead atoms. The molecule has 6 rings (SSSR count). The van der Waals surface area contributed by atoms with E-state index in [1.807, 2.05) is 32.8 Å². The number of pyridine rings is 1. The Labute approximate surface area is 375 Å². The van der Waals surface area contributed by atoms with E-state index in [1.165, 1.54) is 13.8 Å². The van der Waals surface area contributed by atoms with Crippen molar-refractivity contribution < 1.29 is 57.9 Å². The third-order valence-electron chi connectivity index (χ3n) is 13.2. The standard InChI is InChI=1S/C47H65N5O12/c1-11-35-47(8,58)41-27(4)37-25(2)22-46(7,40(28(5)38(53)29(6)44(57)62-35)63-45-39(54)33(52(9)10)20-26(3)61-45)60-24-32(23-59-41)51-64-34(43(56)50-37)21-30-15-17-31(18-16-30)42(55)49-36-14-12-13-19-48-36/h12-19,25-29,33-35,39-41,45,54,58H,11,20-24H2,1-10H3,(H,48,49,55)/b50-37?,51-32+/t25-,26-,27-,28+,29-,33+,34?,35-,39-,40-,41+,45+,46-,47-/m1/s1. The molecule has 4 aliphatic rings. The molecular weight excluding hydrogens is 827 g/mol. The van der Waals surface area contributed by atoms with Crippen molar-refractivity contribution in [2.75, 3.05) is 32.6 Å². The Bertz CT molecular complexity index is 2050. The zero-order chi connectivity index (χ0) is 46.7. The molecule has 1 aromatic heterocycles. The highest BCUT2D eigenvalue weighted by molar-refractivity contribution is 6.04. The molecule has 0 saturated carbocycles. The number of aliphatic hydroxyl groups is 2. The van der Waals surface area contributed by atoms with E-state index >= 15 is 0 Å². The van der Waals surface area contributed by atoms with E-state index in [2.05, 4.69) is 15.5 Å². The number of aromatic nitrogens is 1. The second kappa shape index (κ2) is 20.4. The number of rotatable bonds is 8. The van der Waals surface area contributed by atoms with E-state index in [0.29, 0.717) is 29.1 Å². The molecule has 0 radical (unpaired) electrons. The van der Waals surface area contributed by atoms with Crippen LogP contribution in [0.2, 0.25) is 0 Å². The fraction of sp³-hybridized carbons (Fsp3) is 0.638. The number of aliphatic imine (C=N–C) groups is 1. The average molecular weight is 892 g/mol. The maximum Gasteiger partial charge on any atom is 0.316 e. The third-order valence-corrected chi connectivity index (χ3v) is 13.2. The maximum atomic E-state index is 14.5. The average Bonchev–Trinajstić information content (AvgIpc) is 3.29. The lowest BCUT2D eigenvalue weighted by atomic mass is 9.73. The van der Waals surface area contributed by atoms with E-state index in [1.54, 1.807) is 76.4 Å². The summed E-state index contributed by atoms with van der Waals surface area (Å²) < 4.78 is 32.4. The number of amides is 2. The number of cyclic esters (lactones) is 1. The number of oxime groups is 1. The minimum Gasteiger partial charge on any atom is -0.459 e. The normalized spacial score (nSPS) is 37.5. The van der Waals surface area contributed by atoms with Crippen LogP contribution in [0.3, 0.4) is 0 Å². The summed E-state index contributed by atoms with van der Waals surface area (Å²) in [4.78, 5) is 72.8. The van der Waals surface area contributed by atoms with Gasteiger partial charge in [0.15, 0.2) is 12.1 Å². The maximum absolute atomic E-state index is 14.5. The van der Waals surface area contributed by atoms with Gasteiger partial charge in [-0.1, -0.05) is 51.0 Å². The molecule has 64 heavy (non-hydrogen) atoms. The SMILES string of the molecule is CC[C@H]1OC(=O)[C@H](C)C(=O)[C@H](C)[C@@H](O[C@@H]2O[C@H](C)C[C@H](N(C)C)[C@H]2O)[C@@]2(C)C[C@@H](C)C3=NC(=O)C(Cc4ccc(C(=O)Nc5ccccn5)cc4)O/N=C(\CO[C@@H]([C@@H]3C)[C@]1(C)O)CO2. The summed E-state index contributed by atoms with van der Waals surface area (Å²) in [5.41, 5.74) is -1.68. The first-order valence-electron chi connectivity index (χ1n) is 22.3. The minimum atomic E-state index is -1.87. The number of aliphatic hydroxyl groups excluding tert-OH is 1. The molecule has 3 N–H and O–H groups in total. The number of benzene rings is 1. The number of nitrogens with zero attached hydrogens (tertiary/aromatic N) is 4. The molecule has 3 saturated heterocycles. The van der Waals surface area contributed by atoms with Crippen LogP contribution in [0.4, 0.5) is 5.82 Å². The van der Waals surface area contributed by atoms with Gasteiger partial charge in [-0.05, 0) is 96.8 Å². The van der Waals surface area contributed by atoms with Gasteiger partial charge in [0.1, 0.15) is 35.3 Å². The van der Waals surface area contributed by atoms with Gasteiger partial charge in [0, 0.05) is 41.8 Å². The predicted molar refractivity (Wildman–Crippen MR) is 236 cm³/mol. The molecule has 17 nitrogen and oxygen atoms in total. The number of carbonyl (C=O) groups is 4. The molecule has 0 aliphatic carbocycles. The number of hydrogen-bond acceptors (Lipinski definition) is 15. The van der Waals surface area contributed by atoms with Crippen molar-refractivity contribution in [1.82, 2.24) is 9.88 Å². The molecule has 1 unspecified atom stereocenters. The second-order valence-corrected chi connectivity index (χ2v) is 18.5. The first kappa shape index (κ1) is 49.0. The molecule has 4 aliphatic heterocycles. The summed E-state index contributed by atoms with van der Waals surface area (Å²) >= 11 is 0. The van der Waals surface area contributed by atoms with Crippen molar-refractivity contribution in [3.63, 3.8) is 0 Å². The number of ether oxygens (including phenoxy) is 5. The van der Waals surface area contributed by atoms with E-state index < -0.39 is 89.3 Å². The Kier molecular flexibility index (Phi) is 15.6. The summed E-state index contributed by atoms with van der Waals surface area (Å²) in [5.74, 6) is -5.62. The van der Waals surface area contributed by atoms with Crippen LogP contribution in [0, 0.1) is 23.7 Å². The summed E-state index contributed by atoms with van der Waals surface area (Å²) in [6.07, 6.45) is -4.82. The topological polar surface area (TPSA) is 217 Å². The molecule has 0 spiro atoms. The fourth-order valence-corrected chi connectivity index (χ4v) is 9.56. The van der Waals surface area contributed by atoms with Crippen LogP contribution in [0.15, 0.2) is 58.8 Å². The van der Waals surface area contributed by atoms with Gasteiger partial charge in [0.05, 0.1) is 37.1 Å². The highest BCUT2D eigenvalue weighted by Crippen LogP contribution is 2.40. The number of anilines is 1. The fourth-order valence-electron chi connectivity index (χ4n) is 9.56. The largest absolute Gasteiger partial charge is 0.459 e. The quantitative estimate of drug-likeness (QED) is 0.251. The molecule has 2 amide bonds.